The van der Waals surface area contributed by atoms with Crippen LogP contribution in [0.15, 0.2) is 12.1 Å². The summed E-state index contributed by atoms with van der Waals surface area (Å²) in [5.74, 6) is 0.411. The number of carbonyl (C=O) groups is 1. The van der Waals surface area contributed by atoms with Crippen LogP contribution in [-0.4, -0.2) is 26.5 Å². The maximum absolute atomic E-state index is 11.4. The molecule has 0 aromatic heterocycles. The molecule has 0 fully saturated rings. The van der Waals surface area contributed by atoms with E-state index in [0.717, 1.165) is 0 Å². The van der Waals surface area contributed by atoms with E-state index in [1.165, 1.54) is 26.4 Å². The number of rotatable bonds is 4. The summed E-state index contributed by atoms with van der Waals surface area (Å²) in [6, 6.07) is 4.89. The van der Waals surface area contributed by atoms with E-state index in [9.17, 15) is 4.79 Å². The van der Waals surface area contributed by atoms with Crippen molar-refractivity contribution in [3.63, 3.8) is 0 Å². The van der Waals surface area contributed by atoms with Crippen molar-refractivity contribution in [2.24, 2.45) is 5.73 Å². The van der Waals surface area contributed by atoms with Crippen molar-refractivity contribution in [2.45, 2.75) is 0 Å². The molecule has 0 saturated carbocycles. The summed E-state index contributed by atoms with van der Waals surface area (Å²) in [4.78, 5) is 11.4. The molecule has 0 aliphatic heterocycles. The van der Waals surface area contributed by atoms with Crippen molar-refractivity contribution >= 4 is 5.78 Å². The molecule has 0 aliphatic rings. The molecular formula is C11H12N2O3. The predicted molar refractivity (Wildman–Crippen MR) is 57.6 cm³/mol. The largest absolute Gasteiger partial charge is 0.493 e. The number of ketones is 1. The first-order valence-electron chi connectivity index (χ1n) is 4.57. The van der Waals surface area contributed by atoms with E-state index in [4.69, 9.17) is 20.5 Å². The number of hydrogen-bond acceptors (Lipinski definition) is 5. The highest BCUT2D eigenvalue weighted by Crippen LogP contribution is 2.32. The van der Waals surface area contributed by atoms with Crippen molar-refractivity contribution in [1.82, 2.24) is 0 Å². The van der Waals surface area contributed by atoms with E-state index in [1.54, 1.807) is 0 Å². The second-order valence-corrected chi connectivity index (χ2v) is 3.00. The van der Waals surface area contributed by atoms with Gasteiger partial charge in [0, 0.05) is 5.56 Å². The smallest absolute Gasteiger partial charge is 0.178 e. The zero-order valence-corrected chi connectivity index (χ0v) is 9.11. The number of ether oxygens (including phenoxy) is 2. The predicted octanol–water partition coefficient (Wildman–Crippen LogP) is 0.717. The third kappa shape index (κ3) is 2.12. The van der Waals surface area contributed by atoms with Crippen LogP contribution >= 0.6 is 0 Å². The van der Waals surface area contributed by atoms with Crippen molar-refractivity contribution < 1.29 is 14.3 Å². The Labute approximate surface area is 93.4 Å². The molecule has 0 amide bonds. The van der Waals surface area contributed by atoms with Gasteiger partial charge < -0.3 is 15.2 Å². The third-order valence-electron chi connectivity index (χ3n) is 2.11. The van der Waals surface area contributed by atoms with Gasteiger partial charge in [0.1, 0.15) is 6.07 Å². The van der Waals surface area contributed by atoms with Gasteiger partial charge in [-0.2, -0.15) is 5.26 Å². The molecule has 1 rings (SSSR count). The van der Waals surface area contributed by atoms with Gasteiger partial charge >= 0.3 is 0 Å². The van der Waals surface area contributed by atoms with E-state index in [1.807, 2.05) is 6.07 Å². The molecule has 84 valence electrons. The molecule has 5 heteroatoms. The Balaban J connectivity index is 3.38. The lowest BCUT2D eigenvalue weighted by atomic mass is 10.1. The van der Waals surface area contributed by atoms with Crippen LogP contribution in [0.5, 0.6) is 11.5 Å². The average Bonchev–Trinajstić information content (AvgIpc) is 2.35. The highest BCUT2D eigenvalue weighted by molar-refractivity contribution is 5.98. The minimum absolute atomic E-state index is 0.111. The van der Waals surface area contributed by atoms with Gasteiger partial charge in [-0.1, -0.05) is 0 Å². The zero-order valence-electron chi connectivity index (χ0n) is 9.11. The Morgan fingerprint density at radius 2 is 2.12 bits per heavy atom. The standard InChI is InChI=1S/C11H12N2O3/c1-15-10-4-7(9(14)6-13)3-8(5-12)11(10)16-2/h3-4H,6,13H2,1-2H3. The normalized spacial score (nSPS) is 9.38. The highest BCUT2D eigenvalue weighted by atomic mass is 16.5. The molecule has 0 bridgehead atoms. The van der Waals surface area contributed by atoms with Crippen LogP contribution in [0, 0.1) is 11.3 Å². The first-order valence-corrected chi connectivity index (χ1v) is 4.57. The monoisotopic (exact) mass is 220 g/mol. The second-order valence-electron chi connectivity index (χ2n) is 3.00. The topological polar surface area (TPSA) is 85.3 Å². The van der Waals surface area contributed by atoms with E-state index in [2.05, 4.69) is 0 Å². The van der Waals surface area contributed by atoms with Crippen LogP contribution in [0.1, 0.15) is 15.9 Å². The van der Waals surface area contributed by atoms with Gasteiger partial charge in [0.15, 0.2) is 17.3 Å². The highest BCUT2D eigenvalue weighted by Gasteiger charge is 2.15. The number of benzene rings is 1. The number of nitrogens with two attached hydrogens (primary N) is 1. The van der Waals surface area contributed by atoms with Crippen LogP contribution in [0.2, 0.25) is 0 Å². The van der Waals surface area contributed by atoms with Crippen LogP contribution in [0.3, 0.4) is 0 Å². The number of nitriles is 1. The van der Waals surface area contributed by atoms with Crippen molar-refractivity contribution in [3.8, 4) is 17.6 Å². The van der Waals surface area contributed by atoms with Crippen LogP contribution in [-0.2, 0) is 0 Å². The minimum atomic E-state index is -0.252. The molecule has 1 aromatic rings. The van der Waals surface area contributed by atoms with Crippen LogP contribution < -0.4 is 15.2 Å². The quantitative estimate of drug-likeness (QED) is 0.755. The zero-order chi connectivity index (χ0) is 12.1. The van der Waals surface area contributed by atoms with Gasteiger partial charge in [-0.15, -0.1) is 0 Å². The Bertz CT molecular complexity index is 449. The first kappa shape index (κ1) is 12.0. The number of Topliss-reactive ketones (excluding diaryl/α,β-unsaturated/α-hetero) is 1. The molecule has 5 nitrogen and oxygen atoms in total. The number of methoxy groups -OCH3 is 2. The molecule has 2 N–H and O–H groups in total. The van der Waals surface area contributed by atoms with Gasteiger partial charge in [0.25, 0.3) is 0 Å². The number of nitrogens with zero attached hydrogens (tertiary/aromatic N) is 1. The third-order valence-corrected chi connectivity index (χ3v) is 2.11. The van der Waals surface area contributed by atoms with Crippen LogP contribution in [0.4, 0.5) is 0 Å². The lowest BCUT2D eigenvalue weighted by Crippen LogP contribution is -2.14. The summed E-state index contributed by atoms with van der Waals surface area (Å²) in [5.41, 5.74) is 5.85. The van der Waals surface area contributed by atoms with Crippen LogP contribution in [0.25, 0.3) is 0 Å². The Hall–Kier alpha value is -2.06. The fourth-order valence-electron chi connectivity index (χ4n) is 1.33. The van der Waals surface area contributed by atoms with Gasteiger partial charge in [-0.05, 0) is 12.1 Å². The first-order chi connectivity index (χ1) is 7.67. The lowest BCUT2D eigenvalue weighted by molar-refractivity contribution is 0.100. The van der Waals surface area contributed by atoms with Crippen molar-refractivity contribution in [1.29, 1.82) is 5.26 Å². The van der Waals surface area contributed by atoms with E-state index >= 15 is 0 Å². The number of carbonyl (C=O) groups excluding carboxylic acids is 1. The maximum atomic E-state index is 11.4. The summed E-state index contributed by atoms with van der Waals surface area (Å²) >= 11 is 0. The Kier molecular flexibility index (Phi) is 3.86. The average molecular weight is 220 g/mol. The molecule has 0 spiro atoms. The molecule has 1 aromatic carbocycles. The van der Waals surface area contributed by atoms with E-state index < -0.39 is 0 Å². The summed E-state index contributed by atoms with van der Waals surface area (Å²) in [7, 11) is 2.87. The van der Waals surface area contributed by atoms with Gasteiger partial charge in [0.05, 0.1) is 26.3 Å². The second kappa shape index (κ2) is 5.14. The molecule has 0 saturated heterocycles. The van der Waals surface area contributed by atoms with E-state index in [0.29, 0.717) is 17.1 Å². The molecule has 0 heterocycles. The maximum Gasteiger partial charge on any atom is 0.178 e. The SMILES string of the molecule is COc1cc(C(=O)CN)cc(C#N)c1OC. The summed E-state index contributed by atoms with van der Waals surface area (Å²) in [6.45, 7) is -0.111. The Morgan fingerprint density at radius 1 is 1.44 bits per heavy atom. The minimum Gasteiger partial charge on any atom is -0.493 e. The number of hydrogen-bond donors (Lipinski definition) is 1. The van der Waals surface area contributed by atoms with E-state index in [-0.39, 0.29) is 17.9 Å². The molecule has 0 radical (unpaired) electrons. The fourth-order valence-corrected chi connectivity index (χ4v) is 1.33. The summed E-state index contributed by atoms with van der Waals surface area (Å²) in [6.07, 6.45) is 0. The summed E-state index contributed by atoms with van der Waals surface area (Å²) < 4.78 is 10.1. The summed E-state index contributed by atoms with van der Waals surface area (Å²) in [5, 5.41) is 8.92. The Morgan fingerprint density at radius 3 is 2.56 bits per heavy atom. The molecule has 0 atom stereocenters. The molecule has 16 heavy (non-hydrogen) atoms. The van der Waals surface area contributed by atoms with Gasteiger partial charge in [0.2, 0.25) is 0 Å². The fraction of sp³-hybridized carbons (Fsp3) is 0.273. The van der Waals surface area contributed by atoms with Crippen molar-refractivity contribution in [3.05, 3.63) is 23.3 Å². The molecule has 0 unspecified atom stereocenters. The molecular weight excluding hydrogens is 208 g/mol. The lowest BCUT2D eigenvalue weighted by Gasteiger charge is -2.10. The van der Waals surface area contributed by atoms with Gasteiger partial charge in [-0.3, -0.25) is 4.79 Å². The van der Waals surface area contributed by atoms with Crippen molar-refractivity contribution in [2.75, 3.05) is 20.8 Å². The molecule has 0 aliphatic carbocycles. The van der Waals surface area contributed by atoms with Gasteiger partial charge in [-0.25, -0.2) is 0 Å².